The number of pyridine rings is 1. The molecule has 0 amide bonds. The van der Waals surface area contributed by atoms with Gasteiger partial charge in [0.05, 0.1) is 30.5 Å². The van der Waals surface area contributed by atoms with E-state index in [-0.39, 0.29) is 20.1 Å². The second-order valence-electron chi connectivity index (χ2n) is 18.0. The zero-order valence-corrected chi connectivity index (χ0v) is 40.2. The van der Waals surface area contributed by atoms with Gasteiger partial charge in [-0.15, -0.1) is 59.7 Å². The van der Waals surface area contributed by atoms with E-state index < -0.39 is 8.07 Å². The van der Waals surface area contributed by atoms with E-state index in [1.54, 1.807) is 0 Å². The average molecular weight is 994 g/mol. The largest absolute Gasteiger partial charge is 0.500 e. The molecule has 0 spiro atoms. The van der Waals surface area contributed by atoms with Gasteiger partial charge in [0.25, 0.3) is 0 Å². The van der Waals surface area contributed by atoms with Crippen LogP contribution in [-0.4, -0.2) is 22.6 Å². The smallest absolute Gasteiger partial charge is 0.120 e. The van der Waals surface area contributed by atoms with Crippen LogP contribution >= 0.6 is 0 Å². The summed E-state index contributed by atoms with van der Waals surface area (Å²) < 4.78 is 8.48. The fourth-order valence-electron chi connectivity index (χ4n) is 8.33. The number of aromatic nitrogens is 3. The molecule has 0 aliphatic heterocycles. The molecule has 0 aliphatic carbocycles. The first kappa shape index (κ1) is 43.7. The summed E-state index contributed by atoms with van der Waals surface area (Å²) in [6.45, 7) is 20.9. The fourth-order valence-corrected chi connectivity index (χ4v) is 9.92. The van der Waals surface area contributed by atoms with Gasteiger partial charge in [-0.05, 0) is 87.6 Å². The van der Waals surface area contributed by atoms with Crippen molar-refractivity contribution in [1.82, 2.24) is 14.5 Å². The number of nitrogens with zero attached hydrogens (tertiary/aromatic N) is 3. The van der Waals surface area contributed by atoms with Crippen LogP contribution in [0.3, 0.4) is 0 Å². The van der Waals surface area contributed by atoms with Crippen LogP contribution in [0.15, 0.2) is 144 Å². The molecule has 4 nitrogen and oxygen atoms in total. The molecule has 0 fully saturated rings. The van der Waals surface area contributed by atoms with Crippen molar-refractivity contribution in [2.75, 3.05) is 0 Å². The molecule has 9 aromatic rings. The van der Waals surface area contributed by atoms with Gasteiger partial charge >= 0.3 is 0 Å². The standard InChI is InChI=1S/C37H31N2O.C18H24NSi.Ir/c1-23(2)29-21-27(25-12-6-5-7-13-25)22-30(24(3)4)36(29)39-33-16-10-9-15-32(33)38-37(39)26-18-19-35-31(20-26)28-14-8-11-17-34(28)40-35;1-14(2)11-16-12-17(15-9-7-6-8-10-15)19-13-18(16)20(3,4)5;/h5-17,19-24H,1-4H3;6-9,12-14H,11H2,1-5H3;/q2*-1;. The van der Waals surface area contributed by atoms with Crippen molar-refractivity contribution in [2.45, 2.75) is 79.4 Å². The van der Waals surface area contributed by atoms with E-state index >= 15 is 0 Å². The number of fused-ring (bicyclic) bond motifs is 4. The van der Waals surface area contributed by atoms with Crippen molar-refractivity contribution >= 4 is 46.2 Å². The number of hydrogen-bond donors (Lipinski definition) is 0. The first-order valence-electron chi connectivity index (χ1n) is 21.4. The Morgan fingerprint density at radius 1 is 0.656 bits per heavy atom. The molecule has 3 heterocycles. The molecule has 0 N–H and O–H groups in total. The van der Waals surface area contributed by atoms with E-state index in [9.17, 15) is 0 Å². The van der Waals surface area contributed by atoms with Crippen LogP contribution in [0, 0.1) is 18.1 Å². The number of benzene rings is 6. The molecule has 61 heavy (non-hydrogen) atoms. The van der Waals surface area contributed by atoms with Crippen LogP contribution in [0.25, 0.3) is 72.4 Å². The third-order valence-corrected chi connectivity index (χ3v) is 13.3. The van der Waals surface area contributed by atoms with Gasteiger partial charge in [-0.25, -0.2) is 0 Å². The van der Waals surface area contributed by atoms with Crippen LogP contribution in [0.2, 0.25) is 19.6 Å². The van der Waals surface area contributed by atoms with Crippen LogP contribution in [0.4, 0.5) is 0 Å². The molecule has 6 aromatic carbocycles. The molecule has 0 bridgehead atoms. The van der Waals surface area contributed by atoms with Crippen LogP contribution in [0.5, 0.6) is 0 Å². The summed E-state index contributed by atoms with van der Waals surface area (Å²) in [5.41, 5.74) is 14.7. The van der Waals surface area contributed by atoms with Crippen LogP contribution in [-0.2, 0) is 26.5 Å². The maximum absolute atomic E-state index is 6.12. The topological polar surface area (TPSA) is 43.9 Å². The van der Waals surface area contributed by atoms with Gasteiger partial charge in [-0.3, -0.25) is 4.98 Å². The molecule has 0 unspecified atom stereocenters. The molecule has 9 rings (SSSR count). The first-order chi connectivity index (χ1) is 28.9. The molecular formula is C55H55IrN3OSi-2. The average Bonchev–Trinajstić information content (AvgIpc) is 3.82. The predicted octanol–water partition coefficient (Wildman–Crippen LogP) is 14.6. The van der Waals surface area contributed by atoms with E-state index in [2.05, 4.69) is 186 Å². The van der Waals surface area contributed by atoms with Gasteiger partial charge in [-0.1, -0.05) is 139 Å². The number of rotatable bonds is 9. The molecule has 0 aliphatic rings. The predicted molar refractivity (Wildman–Crippen MR) is 256 cm³/mol. The number of hydrogen-bond acceptors (Lipinski definition) is 3. The summed E-state index contributed by atoms with van der Waals surface area (Å²) in [4.78, 5) is 9.90. The Morgan fingerprint density at radius 2 is 1.33 bits per heavy atom. The van der Waals surface area contributed by atoms with Gasteiger partial charge in [-0.2, -0.15) is 0 Å². The Hall–Kier alpha value is -5.39. The quantitative estimate of drug-likeness (QED) is 0.107. The molecule has 311 valence electrons. The van der Waals surface area contributed by atoms with Gasteiger partial charge in [0.1, 0.15) is 5.58 Å². The second-order valence-corrected chi connectivity index (χ2v) is 23.1. The summed E-state index contributed by atoms with van der Waals surface area (Å²) in [7, 11) is -1.34. The normalized spacial score (nSPS) is 11.7. The van der Waals surface area contributed by atoms with Crippen molar-refractivity contribution in [3.63, 3.8) is 0 Å². The SMILES string of the molecule is CC(C)Cc1cc(-c2[c-]cccc2)ncc1[Si](C)(C)C.CC(C)c1cc(-c2ccccc2)cc(C(C)C)c1-n1c(-c2[c-]cc3oc4ccccc4c3c2)nc2ccccc21.[Ir]. The van der Waals surface area contributed by atoms with Crippen LogP contribution in [0.1, 0.15) is 70.1 Å². The van der Waals surface area contributed by atoms with Crippen molar-refractivity contribution in [2.24, 2.45) is 5.92 Å². The Kier molecular flexibility index (Phi) is 13.1. The summed E-state index contributed by atoms with van der Waals surface area (Å²) in [5.74, 6) is 2.19. The Bertz CT molecular complexity index is 2890. The molecule has 0 saturated carbocycles. The maximum atomic E-state index is 6.12. The van der Waals surface area contributed by atoms with Gasteiger partial charge in [0, 0.05) is 37.4 Å². The fraction of sp³-hybridized carbons (Fsp3) is 0.236. The number of furan rings is 1. The maximum Gasteiger partial charge on any atom is 0.120 e. The minimum atomic E-state index is -1.34. The summed E-state index contributed by atoms with van der Waals surface area (Å²) in [5, 5.41) is 3.68. The van der Waals surface area contributed by atoms with Crippen LogP contribution < -0.4 is 5.19 Å². The zero-order valence-electron chi connectivity index (χ0n) is 36.8. The Morgan fingerprint density at radius 3 is 2.00 bits per heavy atom. The van der Waals surface area contributed by atoms with E-state index in [1.165, 1.54) is 38.7 Å². The van der Waals surface area contributed by atoms with E-state index in [0.717, 1.165) is 62.0 Å². The van der Waals surface area contributed by atoms with Gasteiger partial charge in [0.2, 0.25) is 0 Å². The summed E-state index contributed by atoms with van der Waals surface area (Å²) in [6, 6.07) is 53.3. The van der Waals surface area contributed by atoms with Crippen molar-refractivity contribution in [1.29, 1.82) is 0 Å². The first-order valence-corrected chi connectivity index (χ1v) is 24.9. The zero-order chi connectivity index (χ0) is 42.1. The third-order valence-electron chi connectivity index (χ3n) is 11.3. The molecule has 1 radical (unpaired) electrons. The molecule has 0 atom stereocenters. The minimum absolute atomic E-state index is 0. The second kappa shape index (κ2) is 18.3. The third kappa shape index (κ3) is 9.14. The van der Waals surface area contributed by atoms with E-state index in [0.29, 0.717) is 17.8 Å². The van der Waals surface area contributed by atoms with Gasteiger partial charge < -0.3 is 14.0 Å². The van der Waals surface area contributed by atoms with Crippen molar-refractivity contribution < 1.29 is 24.5 Å². The summed E-state index contributed by atoms with van der Waals surface area (Å²) in [6.07, 6.45) is 3.24. The van der Waals surface area contributed by atoms with Crippen molar-refractivity contribution in [3.05, 3.63) is 168 Å². The molecule has 6 heteroatoms. The van der Waals surface area contributed by atoms with E-state index in [1.807, 2.05) is 36.4 Å². The van der Waals surface area contributed by atoms with Gasteiger partial charge in [0.15, 0.2) is 0 Å². The number of para-hydroxylation sites is 3. The molecule has 0 saturated heterocycles. The Labute approximate surface area is 376 Å². The Balaban J connectivity index is 0.000000226. The molecule has 3 aromatic heterocycles. The molecular weight excluding hydrogens is 939 g/mol. The number of imidazole rings is 1. The van der Waals surface area contributed by atoms with Crippen molar-refractivity contribution in [3.8, 4) is 39.5 Å². The monoisotopic (exact) mass is 994 g/mol. The minimum Gasteiger partial charge on any atom is -0.500 e. The van der Waals surface area contributed by atoms with E-state index in [4.69, 9.17) is 9.40 Å². The summed E-state index contributed by atoms with van der Waals surface area (Å²) >= 11 is 0.